The molecule has 2 aromatic rings. The van der Waals surface area contributed by atoms with Gasteiger partial charge in [-0.1, -0.05) is 36.4 Å². The second-order valence-electron chi connectivity index (χ2n) is 6.36. The standard InChI is InChI=1S/C20H21BrN2O3/c1-22-18(24)17(13-6-4-3-5-7-13)23-19(25)20(10-11-20)14-8-9-16(26-2)15(21)12-14/h3-9,12,17H,10-11H2,1-2H3,(H,22,24)(H,23,25). The normalized spacial score (nSPS) is 15.7. The Morgan fingerprint density at radius 1 is 1.15 bits per heavy atom. The van der Waals surface area contributed by atoms with E-state index in [-0.39, 0.29) is 11.8 Å². The number of likely N-dealkylation sites (N-methyl/N-ethyl adjacent to an activating group) is 1. The van der Waals surface area contributed by atoms with E-state index in [2.05, 4.69) is 26.6 Å². The number of hydrogen-bond donors (Lipinski definition) is 2. The first-order valence-corrected chi connectivity index (χ1v) is 9.22. The molecule has 0 spiro atoms. The summed E-state index contributed by atoms with van der Waals surface area (Å²) in [6, 6.07) is 14.2. The molecule has 1 fully saturated rings. The van der Waals surface area contributed by atoms with E-state index in [1.165, 1.54) is 0 Å². The van der Waals surface area contributed by atoms with Crippen molar-refractivity contribution in [2.24, 2.45) is 0 Å². The molecule has 26 heavy (non-hydrogen) atoms. The molecule has 0 radical (unpaired) electrons. The monoisotopic (exact) mass is 416 g/mol. The van der Waals surface area contributed by atoms with Crippen LogP contribution in [0.4, 0.5) is 0 Å². The third-order valence-electron chi connectivity index (χ3n) is 4.81. The number of methoxy groups -OCH3 is 1. The predicted octanol–water partition coefficient (Wildman–Crippen LogP) is 3.09. The highest BCUT2D eigenvalue weighted by atomic mass is 79.9. The molecule has 1 unspecified atom stereocenters. The summed E-state index contributed by atoms with van der Waals surface area (Å²) in [5, 5.41) is 5.56. The molecule has 6 heteroatoms. The van der Waals surface area contributed by atoms with Gasteiger partial charge in [-0.3, -0.25) is 9.59 Å². The van der Waals surface area contributed by atoms with Crippen LogP contribution in [0.2, 0.25) is 0 Å². The van der Waals surface area contributed by atoms with Crippen LogP contribution in [0.25, 0.3) is 0 Å². The van der Waals surface area contributed by atoms with Gasteiger partial charge < -0.3 is 15.4 Å². The van der Waals surface area contributed by atoms with Crippen molar-refractivity contribution in [2.45, 2.75) is 24.3 Å². The van der Waals surface area contributed by atoms with Crippen LogP contribution >= 0.6 is 15.9 Å². The lowest BCUT2D eigenvalue weighted by Crippen LogP contribution is -2.43. The zero-order valence-corrected chi connectivity index (χ0v) is 16.3. The molecule has 1 aliphatic carbocycles. The third-order valence-corrected chi connectivity index (χ3v) is 5.43. The fourth-order valence-electron chi connectivity index (χ4n) is 3.10. The van der Waals surface area contributed by atoms with Crippen LogP contribution in [-0.2, 0) is 15.0 Å². The van der Waals surface area contributed by atoms with Gasteiger partial charge >= 0.3 is 0 Å². The molecule has 0 bridgehead atoms. The van der Waals surface area contributed by atoms with Crippen molar-refractivity contribution in [3.8, 4) is 5.75 Å². The Balaban J connectivity index is 1.85. The molecular formula is C20H21BrN2O3. The van der Waals surface area contributed by atoms with Crippen molar-refractivity contribution in [3.63, 3.8) is 0 Å². The summed E-state index contributed by atoms with van der Waals surface area (Å²) in [6.45, 7) is 0. The highest BCUT2D eigenvalue weighted by Crippen LogP contribution is 2.50. The van der Waals surface area contributed by atoms with Crippen LogP contribution in [-0.4, -0.2) is 26.0 Å². The van der Waals surface area contributed by atoms with Crippen molar-refractivity contribution in [2.75, 3.05) is 14.2 Å². The first-order valence-electron chi connectivity index (χ1n) is 8.43. The van der Waals surface area contributed by atoms with E-state index < -0.39 is 11.5 Å². The van der Waals surface area contributed by atoms with Gasteiger partial charge in [0.2, 0.25) is 11.8 Å². The maximum Gasteiger partial charge on any atom is 0.246 e. The molecule has 2 amide bonds. The van der Waals surface area contributed by atoms with E-state index in [0.717, 1.165) is 34.2 Å². The maximum atomic E-state index is 13.1. The summed E-state index contributed by atoms with van der Waals surface area (Å²) < 4.78 is 6.07. The smallest absolute Gasteiger partial charge is 0.246 e. The molecular weight excluding hydrogens is 396 g/mol. The Morgan fingerprint density at radius 2 is 1.85 bits per heavy atom. The molecule has 0 heterocycles. The van der Waals surface area contributed by atoms with Crippen LogP contribution in [0.15, 0.2) is 53.0 Å². The summed E-state index contributed by atoms with van der Waals surface area (Å²) in [4.78, 5) is 25.4. The second kappa shape index (κ2) is 7.50. The van der Waals surface area contributed by atoms with Gasteiger partial charge in [0.15, 0.2) is 0 Å². The Bertz CT molecular complexity index is 819. The minimum Gasteiger partial charge on any atom is -0.496 e. The number of hydrogen-bond acceptors (Lipinski definition) is 3. The Morgan fingerprint density at radius 3 is 2.38 bits per heavy atom. The van der Waals surface area contributed by atoms with Crippen LogP contribution in [0.3, 0.4) is 0 Å². The first kappa shape index (κ1) is 18.5. The van der Waals surface area contributed by atoms with Gasteiger partial charge in [0, 0.05) is 7.05 Å². The molecule has 2 aromatic carbocycles. The van der Waals surface area contributed by atoms with Gasteiger partial charge in [-0.15, -0.1) is 0 Å². The molecule has 2 N–H and O–H groups in total. The van der Waals surface area contributed by atoms with Gasteiger partial charge in [0.1, 0.15) is 11.8 Å². The summed E-state index contributed by atoms with van der Waals surface area (Å²) >= 11 is 3.48. The van der Waals surface area contributed by atoms with E-state index in [9.17, 15) is 9.59 Å². The highest BCUT2D eigenvalue weighted by Gasteiger charge is 2.52. The number of halogens is 1. The predicted molar refractivity (Wildman–Crippen MR) is 103 cm³/mol. The number of ether oxygens (including phenoxy) is 1. The number of amides is 2. The Labute approximate surface area is 161 Å². The molecule has 1 atom stereocenters. The van der Waals surface area contributed by atoms with Gasteiger partial charge in [-0.05, 0) is 52.0 Å². The lowest BCUT2D eigenvalue weighted by molar-refractivity contribution is -0.130. The Hall–Kier alpha value is -2.34. The molecule has 1 aliphatic rings. The zero-order valence-electron chi connectivity index (χ0n) is 14.7. The molecule has 1 saturated carbocycles. The topological polar surface area (TPSA) is 67.4 Å². The van der Waals surface area contributed by atoms with Crippen molar-refractivity contribution in [3.05, 3.63) is 64.1 Å². The molecule has 3 rings (SSSR count). The lowest BCUT2D eigenvalue weighted by atomic mass is 9.94. The van der Waals surface area contributed by atoms with Crippen LogP contribution in [0, 0.1) is 0 Å². The van der Waals surface area contributed by atoms with Crippen LogP contribution in [0.5, 0.6) is 5.75 Å². The van der Waals surface area contributed by atoms with E-state index in [1.807, 2.05) is 48.5 Å². The third kappa shape index (κ3) is 3.46. The van der Waals surface area contributed by atoms with Crippen molar-refractivity contribution in [1.82, 2.24) is 10.6 Å². The number of nitrogens with one attached hydrogen (secondary N) is 2. The average molecular weight is 417 g/mol. The maximum absolute atomic E-state index is 13.1. The van der Waals surface area contributed by atoms with Crippen LogP contribution < -0.4 is 15.4 Å². The SMILES string of the molecule is CNC(=O)C(NC(=O)C1(c2ccc(OC)c(Br)c2)CC1)c1ccccc1. The van der Waals surface area contributed by atoms with E-state index in [4.69, 9.17) is 4.74 Å². The summed E-state index contributed by atoms with van der Waals surface area (Å²) in [6.07, 6.45) is 1.51. The van der Waals surface area contributed by atoms with Crippen molar-refractivity contribution < 1.29 is 14.3 Å². The summed E-state index contributed by atoms with van der Waals surface area (Å²) in [7, 11) is 3.17. The average Bonchev–Trinajstić information content (AvgIpc) is 3.48. The minimum absolute atomic E-state index is 0.132. The zero-order chi connectivity index (χ0) is 18.7. The molecule has 0 saturated heterocycles. The molecule has 0 aliphatic heterocycles. The lowest BCUT2D eigenvalue weighted by Gasteiger charge is -2.22. The minimum atomic E-state index is -0.715. The van der Waals surface area contributed by atoms with E-state index in [0.29, 0.717) is 0 Å². The van der Waals surface area contributed by atoms with Gasteiger partial charge in [0.25, 0.3) is 0 Å². The fraction of sp³-hybridized carbons (Fsp3) is 0.300. The van der Waals surface area contributed by atoms with Gasteiger partial charge in [-0.2, -0.15) is 0 Å². The molecule has 5 nitrogen and oxygen atoms in total. The van der Waals surface area contributed by atoms with E-state index >= 15 is 0 Å². The first-order chi connectivity index (χ1) is 12.5. The number of benzene rings is 2. The quantitative estimate of drug-likeness (QED) is 0.759. The highest BCUT2D eigenvalue weighted by molar-refractivity contribution is 9.10. The molecule has 0 aromatic heterocycles. The largest absolute Gasteiger partial charge is 0.496 e. The summed E-state index contributed by atoms with van der Waals surface area (Å²) in [5.41, 5.74) is 1.09. The number of carbonyl (C=O) groups is 2. The van der Waals surface area contributed by atoms with Crippen LogP contribution in [0.1, 0.15) is 30.0 Å². The second-order valence-corrected chi connectivity index (χ2v) is 7.22. The number of rotatable bonds is 6. The van der Waals surface area contributed by atoms with Gasteiger partial charge in [-0.25, -0.2) is 0 Å². The van der Waals surface area contributed by atoms with Gasteiger partial charge in [0.05, 0.1) is 17.0 Å². The van der Waals surface area contributed by atoms with Crippen molar-refractivity contribution >= 4 is 27.7 Å². The number of carbonyl (C=O) groups excluding carboxylic acids is 2. The Kier molecular flexibility index (Phi) is 5.32. The van der Waals surface area contributed by atoms with E-state index in [1.54, 1.807) is 14.2 Å². The molecule has 136 valence electrons. The van der Waals surface area contributed by atoms with Crippen molar-refractivity contribution in [1.29, 1.82) is 0 Å². The summed E-state index contributed by atoms with van der Waals surface area (Å²) in [5.74, 6) is 0.348. The fourth-order valence-corrected chi connectivity index (χ4v) is 3.64.